The lowest BCUT2D eigenvalue weighted by Crippen LogP contribution is -2.19. The summed E-state index contributed by atoms with van der Waals surface area (Å²) in [5, 5.41) is 3.54. The zero-order valence-corrected chi connectivity index (χ0v) is 14.4. The molecule has 7 heteroatoms. The maximum Gasteiger partial charge on any atom is 0.435 e. The third kappa shape index (κ3) is 3.41. The third-order valence-corrected chi connectivity index (χ3v) is 6.22. The van der Waals surface area contributed by atoms with Gasteiger partial charge in [0, 0.05) is 23.3 Å². The standard InChI is InChI=1S/C17H19F3N2OS/c1-11-6-7-13(8-15(11)24(23)10-12-4-3-5-12)14-9-16(17(18,19)20)21-22(14)2/h6-9,12H,3-5,10H2,1-2H3. The lowest BCUT2D eigenvalue weighted by Gasteiger charge is -2.25. The molecule has 0 N–H and O–H groups in total. The van der Waals surface area contributed by atoms with Crippen LogP contribution in [0.4, 0.5) is 13.2 Å². The van der Waals surface area contributed by atoms with E-state index in [1.54, 1.807) is 12.1 Å². The van der Waals surface area contributed by atoms with Crippen LogP contribution in [-0.2, 0) is 24.0 Å². The van der Waals surface area contributed by atoms with Crippen molar-refractivity contribution in [1.29, 1.82) is 0 Å². The molecule has 0 saturated heterocycles. The Morgan fingerprint density at radius 1 is 1.29 bits per heavy atom. The molecular weight excluding hydrogens is 337 g/mol. The number of aromatic nitrogens is 2. The molecule has 1 fully saturated rings. The second-order valence-corrected chi connectivity index (χ2v) is 7.79. The van der Waals surface area contributed by atoms with Crippen LogP contribution < -0.4 is 0 Å². The van der Waals surface area contributed by atoms with Gasteiger partial charge in [-0.05, 0) is 43.4 Å². The fraction of sp³-hybridized carbons (Fsp3) is 0.471. The number of halogens is 3. The zero-order chi connectivity index (χ0) is 17.5. The van der Waals surface area contributed by atoms with E-state index in [1.807, 2.05) is 13.0 Å². The highest BCUT2D eigenvalue weighted by Gasteiger charge is 2.34. The first kappa shape index (κ1) is 17.2. The Bertz CT molecular complexity index is 779. The summed E-state index contributed by atoms with van der Waals surface area (Å²) < 4.78 is 52.3. The second-order valence-electron chi connectivity index (χ2n) is 6.33. The van der Waals surface area contributed by atoms with E-state index in [4.69, 9.17) is 0 Å². The summed E-state index contributed by atoms with van der Waals surface area (Å²) in [7, 11) is 0.355. The Balaban J connectivity index is 1.93. The van der Waals surface area contributed by atoms with Gasteiger partial charge in [-0.2, -0.15) is 18.3 Å². The molecule has 1 aliphatic rings. The van der Waals surface area contributed by atoms with Gasteiger partial charge in [0.25, 0.3) is 0 Å². The van der Waals surface area contributed by atoms with Gasteiger partial charge >= 0.3 is 6.18 Å². The fourth-order valence-corrected chi connectivity index (χ4v) is 4.47. The van der Waals surface area contributed by atoms with Gasteiger partial charge in [0.15, 0.2) is 5.69 Å². The van der Waals surface area contributed by atoms with E-state index >= 15 is 0 Å². The van der Waals surface area contributed by atoms with Crippen molar-refractivity contribution in [2.75, 3.05) is 5.75 Å². The average Bonchev–Trinajstić information content (AvgIpc) is 2.85. The van der Waals surface area contributed by atoms with Gasteiger partial charge < -0.3 is 0 Å². The van der Waals surface area contributed by atoms with Gasteiger partial charge in [-0.15, -0.1) is 0 Å². The number of hydrogen-bond donors (Lipinski definition) is 0. The molecule has 130 valence electrons. The van der Waals surface area contributed by atoms with Crippen molar-refractivity contribution in [3.8, 4) is 11.3 Å². The van der Waals surface area contributed by atoms with Gasteiger partial charge in [0.2, 0.25) is 0 Å². The molecule has 0 bridgehead atoms. The predicted octanol–water partition coefficient (Wildman–Crippen LogP) is 4.32. The number of hydrogen-bond acceptors (Lipinski definition) is 2. The maximum absolute atomic E-state index is 12.8. The normalized spacial score (nSPS) is 16.9. The molecule has 0 amide bonds. The molecule has 1 aromatic carbocycles. The van der Waals surface area contributed by atoms with E-state index in [0.717, 1.165) is 24.5 Å². The minimum absolute atomic E-state index is 0.365. The number of nitrogens with zero attached hydrogens (tertiary/aromatic N) is 2. The molecule has 0 radical (unpaired) electrons. The number of benzene rings is 1. The molecule has 3 nitrogen and oxygen atoms in total. The Morgan fingerprint density at radius 3 is 2.54 bits per heavy atom. The molecular formula is C17H19F3N2OS. The number of alkyl halides is 3. The van der Waals surface area contributed by atoms with Gasteiger partial charge in [-0.1, -0.05) is 18.6 Å². The third-order valence-electron chi connectivity index (χ3n) is 4.51. The average molecular weight is 356 g/mol. The lowest BCUT2D eigenvalue weighted by molar-refractivity contribution is -0.141. The minimum Gasteiger partial charge on any atom is -0.267 e. The number of aryl methyl sites for hydroxylation is 2. The van der Waals surface area contributed by atoms with Crippen LogP contribution in [0.2, 0.25) is 0 Å². The highest BCUT2D eigenvalue weighted by Crippen LogP contribution is 2.33. The molecule has 1 aromatic heterocycles. The first-order valence-corrected chi connectivity index (χ1v) is 9.18. The van der Waals surface area contributed by atoms with Crippen LogP contribution in [0, 0.1) is 12.8 Å². The zero-order valence-electron chi connectivity index (χ0n) is 13.6. The summed E-state index contributed by atoms with van der Waals surface area (Å²) in [5.74, 6) is 1.13. The lowest BCUT2D eigenvalue weighted by atomic mass is 9.87. The molecule has 3 rings (SSSR count). The first-order chi connectivity index (χ1) is 11.3. The Morgan fingerprint density at radius 2 is 2.00 bits per heavy atom. The minimum atomic E-state index is -4.48. The van der Waals surface area contributed by atoms with E-state index in [9.17, 15) is 17.4 Å². The van der Waals surface area contributed by atoms with Crippen molar-refractivity contribution in [3.63, 3.8) is 0 Å². The Labute approximate surface area is 141 Å². The van der Waals surface area contributed by atoms with E-state index in [1.165, 1.54) is 18.2 Å². The van der Waals surface area contributed by atoms with Crippen molar-refractivity contribution >= 4 is 10.8 Å². The van der Waals surface area contributed by atoms with E-state index in [2.05, 4.69) is 5.10 Å². The van der Waals surface area contributed by atoms with Crippen molar-refractivity contribution in [2.45, 2.75) is 37.3 Å². The van der Waals surface area contributed by atoms with E-state index in [-0.39, 0.29) is 0 Å². The highest BCUT2D eigenvalue weighted by atomic mass is 32.2. The molecule has 1 atom stereocenters. The van der Waals surface area contributed by atoms with Crippen LogP contribution >= 0.6 is 0 Å². The van der Waals surface area contributed by atoms with Crippen LogP contribution in [-0.4, -0.2) is 19.7 Å². The maximum atomic E-state index is 12.8. The molecule has 0 aliphatic heterocycles. The van der Waals surface area contributed by atoms with Crippen LogP contribution in [0.25, 0.3) is 11.3 Å². The Kier molecular flexibility index (Phi) is 4.55. The summed E-state index contributed by atoms with van der Waals surface area (Å²) in [4.78, 5) is 0.703. The van der Waals surface area contributed by atoms with Gasteiger partial charge in [0.1, 0.15) is 0 Å². The Hall–Kier alpha value is -1.63. The summed E-state index contributed by atoms with van der Waals surface area (Å²) in [6.45, 7) is 1.88. The molecule has 0 spiro atoms. The summed E-state index contributed by atoms with van der Waals surface area (Å²) >= 11 is 0. The predicted molar refractivity (Wildman–Crippen MR) is 87.0 cm³/mol. The van der Waals surface area contributed by atoms with Crippen LogP contribution in [0.3, 0.4) is 0 Å². The molecule has 1 aliphatic carbocycles. The van der Waals surface area contributed by atoms with E-state index < -0.39 is 22.7 Å². The first-order valence-electron chi connectivity index (χ1n) is 7.86. The molecule has 24 heavy (non-hydrogen) atoms. The van der Waals surface area contributed by atoms with Crippen molar-refractivity contribution in [2.24, 2.45) is 13.0 Å². The smallest absolute Gasteiger partial charge is 0.267 e. The van der Waals surface area contributed by atoms with Crippen LogP contribution in [0.5, 0.6) is 0 Å². The summed E-state index contributed by atoms with van der Waals surface area (Å²) in [5.41, 5.74) is 0.944. The SMILES string of the molecule is Cc1ccc(-c2cc(C(F)(F)F)nn2C)cc1S(=O)CC1CCC1. The quantitative estimate of drug-likeness (QED) is 0.818. The summed E-state index contributed by atoms with van der Waals surface area (Å²) in [6, 6.07) is 6.32. The van der Waals surface area contributed by atoms with Crippen molar-refractivity contribution in [3.05, 3.63) is 35.5 Å². The van der Waals surface area contributed by atoms with Crippen LogP contribution in [0.15, 0.2) is 29.2 Å². The van der Waals surface area contributed by atoms with E-state index in [0.29, 0.717) is 27.8 Å². The molecule has 2 aromatic rings. The van der Waals surface area contributed by atoms with Gasteiger partial charge in [-0.3, -0.25) is 8.89 Å². The topological polar surface area (TPSA) is 34.9 Å². The summed E-state index contributed by atoms with van der Waals surface area (Å²) in [6.07, 6.45) is -1.06. The van der Waals surface area contributed by atoms with Crippen LogP contribution in [0.1, 0.15) is 30.5 Å². The monoisotopic (exact) mass is 356 g/mol. The van der Waals surface area contributed by atoms with Gasteiger partial charge in [-0.25, -0.2) is 0 Å². The highest BCUT2D eigenvalue weighted by molar-refractivity contribution is 7.85. The fourth-order valence-electron chi connectivity index (χ4n) is 2.84. The van der Waals surface area contributed by atoms with Crippen molar-refractivity contribution < 1.29 is 17.4 Å². The van der Waals surface area contributed by atoms with Crippen molar-refractivity contribution in [1.82, 2.24) is 9.78 Å². The molecule has 1 unspecified atom stereocenters. The number of rotatable bonds is 4. The molecule has 1 saturated carbocycles. The molecule has 1 heterocycles. The largest absolute Gasteiger partial charge is 0.435 e. The van der Waals surface area contributed by atoms with Gasteiger partial charge in [0.05, 0.1) is 16.5 Å². The second kappa shape index (κ2) is 6.35.